The molecule has 0 nitrogen and oxygen atoms in total. The van der Waals surface area contributed by atoms with Gasteiger partial charge in [0.15, 0.2) is 0 Å². The fourth-order valence-corrected chi connectivity index (χ4v) is 7.35. The molecule has 0 aromatic carbocycles. The van der Waals surface area contributed by atoms with Gasteiger partial charge in [-0.25, -0.2) is 0 Å². The Balaban J connectivity index is 1.32. The molecule has 0 saturated heterocycles. The maximum absolute atomic E-state index is 2.65. The van der Waals surface area contributed by atoms with Gasteiger partial charge >= 0.3 is 0 Å². The van der Waals surface area contributed by atoms with Crippen LogP contribution >= 0.6 is 22.6 Å². The van der Waals surface area contributed by atoms with E-state index in [0.717, 1.165) is 33.5 Å². The van der Waals surface area contributed by atoms with E-state index in [-0.39, 0.29) is 0 Å². The lowest BCUT2D eigenvalue weighted by molar-refractivity contribution is 0.141. The number of hydrogen-bond acceptors (Lipinski definition) is 0. The highest BCUT2D eigenvalue weighted by Gasteiger charge is 2.38. The van der Waals surface area contributed by atoms with Gasteiger partial charge in [-0.2, -0.15) is 0 Å². The van der Waals surface area contributed by atoms with Crippen molar-refractivity contribution in [3.05, 3.63) is 47.6 Å². The Labute approximate surface area is 167 Å². The van der Waals surface area contributed by atoms with Gasteiger partial charge in [0.25, 0.3) is 0 Å². The van der Waals surface area contributed by atoms with Gasteiger partial charge in [-0.3, -0.25) is 0 Å². The summed E-state index contributed by atoms with van der Waals surface area (Å²) in [5, 5.41) is 0. The summed E-state index contributed by atoms with van der Waals surface area (Å²) in [7, 11) is 0. The highest BCUT2D eigenvalue weighted by atomic mass is 127. The van der Waals surface area contributed by atoms with Gasteiger partial charge in [-0.1, -0.05) is 83.9 Å². The van der Waals surface area contributed by atoms with Crippen LogP contribution in [0, 0.1) is 35.5 Å². The Morgan fingerprint density at radius 2 is 1.72 bits per heavy atom. The normalized spacial score (nSPS) is 45.7. The molecule has 5 aliphatic carbocycles. The molecule has 5 aliphatic rings. The summed E-state index contributed by atoms with van der Waals surface area (Å²) in [6.45, 7) is 0. The van der Waals surface area contributed by atoms with E-state index in [2.05, 4.69) is 59.0 Å². The molecule has 2 fully saturated rings. The Morgan fingerprint density at radius 1 is 0.880 bits per heavy atom. The van der Waals surface area contributed by atoms with Gasteiger partial charge in [-0.05, 0) is 73.7 Å². The summed E-state index contributed by atoms with van der Waals surface area (Å²) in [4.78, 5) is 0. The third-order valence-corrected chi connectivity index (χ3v) is 8.81. The first-order chi connectivity index (χ1) is 12.3. The third kappa shape index (κ3) is 3.24. The highest BCUT2D eigenvalue weighted by molar-refractivity contribution is 14.1. The van der Waals surface area contributed by atoms with Crippen LogP contribution in [0.2, 0.25) is 0 Å². The van der Waals surface area contributed by atoms with E-state index in [0.29, 0.717) is 5.92 Å². The molecule has 134 valence electrons. The van der Waals surface area contributed by atoms with E-state index in [1.807, 2.05) is 5.57 Å². The van der Waals surface area contributed by atoms with Crippen molar-refractivity contribution in [2.45, 2.75) is 61.7 Å². The van der Waals surface area contributed by atoms with Crippen molar-refractivity contribution in [1.29, 1.82) is 0 Å². The van der Waals surface area contributed by atoms with Crippen LogP contribution in [0.3, 0.4) is 0 Å². The number of allylic oxidation sites excluding steroid dienone is 8. The van der Waals surface area contributed by atoms with Crippen LogP contribution in [0.1, 0.15) is 57.8 Å². The molecule has 5 rings (SSSR count). The van der Waals surface area contributed by atoms with E-state index in [9.17, 15) is 0 Å². The van der Waals surface area contributed by atoms with Crippen molar-refractivity contribution in [3.63, 3.8) is 0 Å². The van der Waals surface area contributed by atoms with E-state index in [4.69, 9.17) is 0 Å². The van der Waals surface area contributed by atoms with Gasteiger partial charge in [0.05, 0.1) is 0 Å². The first-order valence-electron chi connectivity index (χ1n) is 10.7. The minimum absolute atomic E-state index is 0.675. The molecule has 0 amide bonds. The lowest BCUT2D eigenvalue weighted by Gasteiger charge is -2.44. The zero-order valence-corrected chi connectivity index (χ0v) is 17.4. The van der Waals surface area contributed by atoms with Crippen LogP contribution in [0.5, 0.6) is 0 Å². The molecular formula is C24H31I. The van der Waals surface area contributed by atoms with Crippen LogP contribution in [0.15, 0.2) is 47.6 Å². The maximum atomic E-state index is 2.65. The van der Waals surface area contributed by atoms with E-state index in [1.165, 1.54) is 57.8 Å². The molecule has 1 heteroatoms. The largest absolute Gasteiger partial charge is 0.0842 e. The number of halogens is 1. The van der Waals surface area contributed by atoms with Crippen molar-refractivity contribution >= 4 is 22.6 Å². The lowest BCUT2D eigenvalue weighted by atomic mass is 9.61. The molecule has 0 aromatic rings. The lowest BCUT2D eigenvalue weighted by Crippen LogP contribution is -2.33. The van der Waals surface area contributed by atoms with Gasteiger partial charge in [0.2, 0.25) is 0 Å². The van der Waals surface area contributed by atoms with Gasteiger partial charge < -0.3 is 0 Å². The number of alkyl halides is 1. The molecule has 0 radical (unpaired) electrons. The molecule has 7 unspecified atom stereocenters. The summed E-state index contributed by atoms with van der Waals surface area (Å²) in [6.07, 6.45) is 28.3. The monoisotopic (exact) mass is 446 g/mol. The third-order valence-electron chi connectivity index (χ3n) is 7.88. The predicted molar refractivity (Wildman–Crippen MR) is 115 cm³/mol. The zero-order valence-electron chi connectivity index (χ0n) is 15.2. The average molecular weight is 446 g/mol. The minimum atomic E-state index is 0.675. The van der Waals surface area contributed by atoms with Gasteiger partial charge in [-0.15, -0.1) is 0 Å². The maximum Gasteiger partial charge on any atom is 0.0295 e. The number of hydrogen-bond donors (Lipinski definition) is 0. The van der Waals surface area contributed by atoms with Crippen LogP contribution in [-0.2, 0) is 0 Å². The molecule has 0 bridgehead atoms. The number of fused-ring (bicyclic) bond motifs is 4. The number of rotatable bonds is 1. The van der Waals surface area contributed by atoms with Gasteiger partial charge in [0.1, 0.15) is 0 Å². The summed E-state index contributed by atoms with van der Waals surface area (Å²) < 4.78 is 0.738. The molecule has 0 aliphatic heterocycles. The van der Waals surface area contributed by atoms with Crippen LogP contribution in [0.4, 0.5) is 0 Å². The van der Waals surface area contributed by atoms with Crippen LogP contribution in [-0.4, -0.2) is 3.92 Å². The summed E-state index contributed by atoms with van der Waals surface area (Å²) >= 11 is 2.59. The molecule has 25 heavy (non-hydrogen) atoms. The zero-order chi connectivity index (χ0) is 16.8. The van der Waals surface area contributed by atoms with Gasteiger partial charge in [0, 0.05) is 9.84 Å². The SMILES string of the molecule is IC1C=CC2CC(C3=CCC4C(=C3)CCC3CCCCC34)C=CC2C1. The van der Waals surface area contributed by atoms with Crippen LogP contribution < -0.4 is 0 Å². The highest BCUT2D eigenvalue weighted by Crippen LogP contribution is 2.50. The Morgan fingerprint density at radius 3 is 2.68 bits per heavy atom. The minimum Gasteiger partial charge on any atom is -0.0842 e. The second-order valence-electron chi connectivity index (χ2n) is 9.20. The van der Waals surface area contributed by atoms with Crippen molar-refractivity contribution in [3.8, 4) is 0 Å². The molecule has 7 atom stereocenters. The summed E-state index contributed by atoms with van der Waals surface area (Å²) in [5.41, 5.74) is 3.47. The average Bonchev–Trinajstić information content (AvgIpc) is 2.67. The quantitative estimate of drug-likeness (QED) is 0.230. The first kappa shape index (κ1) is 16.8. The smallest absolute Gasteiger partial charge is 0.0295 e. The second kappa shape index (κ2) is 7.02. The van der Waals surface area contributed by atoms with Crippen LogP contribution in [0.25, 0.3) is 0 Å². The predicted octanol–water partition coefficient (Wildman–Crippen LogP) is 7.03. The molecule has 2 saturated carbocycles. The summed E-state index contributed by atoms with van der Waals surface area (Å²) in [6, 6.07) is 0. The Kier molecular flexibility index (Phi) is 4.73. The fourth-order valence-electron chi connectivity index (χ4n) is 6.53. The van der Waals surface area contributed by atoms with E-state index >= 15 is 0 Å². The Bertz CT molecular complexity index is 636. The molecule has 0 aromatic heterocycles. The summed E-state index contributed by atoms with van der Waals surface area (Å²) in [5.74, 6) is 5.22. The van der Waals surface area contributed by atoms with Crippen molar-refractivity contribution < 1.29 is 0 Å². The molecular weight excluding hydrogens is 415 g/mol. The van der Waals surface area contributed by atoms with Crippen molar-refractivity contribution in [1.82, 2.24) is 0 Å². The van der Waals surface area contributed by atoms with Crippen molar-refractivity contribution in [2.24, 2.45) is 35.5 Å². The fraction of sp³-hybridized carbons (Fsp3) is 0.667. The topological polar surface area (TPSA) is 0 Å². The Hall–Kier alpha value is -0.310. The van der Waals surface area contributed by atoms with Crippen molar-refractivity contribution in [2.75, 3.05) is 0 Å². The molecule has 0 N–H and O–H groups in total. The van der Waals surface area contributed by atoms with E-state index < -0.39 is 0 Å². The second-order valence-corrected chi connectivity index (χ2v) is 10.8. The molecule has 0 heterocycles. The van der Waals surface area contributed by atoms with E-state index in [1.54, 1.807) is 5.57 Å². The standard InChI is InChI=1S/C24H31I/c25-22-11-9-18-13-17(6-7-20(18)15-22)19-10-12-24-21(14-19)8-5-16-3-1-2-4-23(16)24/h6-7,9-11,14,16-18,20,22-24H,1-5,8,12-13,15H2. The molecule has 0 spiro atoms. The first-order valence-corrected chi connectivity index (χ1v) is 11.9.